The number of nitrogens with zero attached hydrogens (tertiary/aromatic N) is 2. The standard InChI is InChI=1S/C26H18N2O4/c29-27(30)25-7-3-1-5-23(25)19-11-13-21-17(15-19)9-10-18-16-20(12-14-22(18)21)24-6-2-4-8-26(24)28(31)32/h1-16,19-20H. The molecule has 3 aromatic rings. The van der Waals surface area contributed by atoms with Gasteiger partial charge in [-0.25, -0.2) is 0 Å². The Morgan fingerprint density at radius 1 is 0.594 bits per heavy atom. The fraction of sp³-hybridized carbons (Fsp3) is 0.0769. The number of nitro benzene ring substituents is 2. The molecule has 0 radical (unpaired) electrons. The lowest BCUT2D eigenvalue weighted by Gasteiger charge is -2.18. The van der Waals surface area contributed by atoms with E-state index in [1.165, 1.54) is 12.1 Å². The third kappa shape index (κ3) is 3.32. The summed E-state index contributed by atoms with van der Waals surface area (Å²) in [6.45, 7) is 0. The SMILES string of the molecule is O=[N+]([O-])c1ccccc1C1C=Cc2c3c(ccc2=C1)=CC(c1ccccc1[N+](=O)[O-])C=C3. The van der Waals surface area contributed by atoms with Crippen LogP contribution in [-0.2, 0) is 0 Å². The molecule has 5 rings (SSSR count). The summed E-state index contributed by atoms with van der Waals surface area (Å²) in [5, 5.41) is 24.9. The summed E-state index contributed by atoms with van der Waals surface area (Å²) in [5.74, 6) is -0.364. The molecule has 3 aromatic carbocycles. The van der Waals surface area contributed by atoms with Gasteiger partial charge in [0.15, 0.2) is 0 Å². The molecule has 0 aliphatic heterocycles. The fourth-order valence-corrected chi connectivity index (χ4v) is 4.49. The van der Waals surface area contributed by atoms with Gasteiger partial charge < -0.3 is 0 Å². The molecule has 0 heterocycles. The maximum atomic E-state index is 11.4. The second kappa shape index (κ2) is 7.74. The van der Waals surface area contributed by atoms with Crippen LogP contribution in [-0.4, -0.2) is 9.85 Å². The van der Waals surface area contributed by atoms with Gasteiger partial charge in [0, 0.05) is 35.1 Å². The summed E-state index contributed by atoms with van der Waals surface area (Å²) in [6, 6.07) is 17.6. The molecule has 0 fully saturated rings. The van der Waals surface area contributed by atoms with Gasteiger partial charge in [-0.15, -0.1) is 0 Å². The minimum Gasteiger partial charge on any atom is -0.258 e. The molecule has 0 saturated heterocycles. The Labute approximate surface area is 183 Å². The summed E-state index contributed by atoms with van der Waals surface area (Å²) in [7, 11) is 0. The highest BCUT2D eigenvalue weighted by atomic mass is 16.6. The van der Waals surface area contributed by atoms with Gasteiger partial charge in [0.1, 0.15) is 0 Å². The van der Waals surface area contributed by atoms with Crippen LogP contribution in [0.3, 0.4) is 0 Å². The van der Waals surface area contributed by atoms with Gasteiger partial charge in [-0.2, -0.15) is 0 Å². The van der Waals surface area contributed by atoms with Gasteiger partial charge in [-0.1, -0.05) is 85.0 Å². The predicted molar refractivity (Wildman–Crippen MR) is 124 cm³/mol. The highest BCUT2D eigenvalue weighted by Crippen LogP contribution is 2.33. The third-order valence-corrected chi connectivity index (χ3v) is 6.00. The minimum atomic E-state index is -0.347. The molecule has 0 amide bonds. The molecule has 2 aliphatic carbocycles. The van der Waals surface area contributed by atoms with E-state index in [-0.39, 0.29) is 33.1 Å². The highest BCUT2D eigenvalue weighted by Gasteiger charge is 2.22. The average molecular weight is 422 g/mol. The monoisotopic (exact) mass is 422 g/mol. The molecular formula is C26H18N2O4. The number of para-hydroxylation sites is 2. The van der Waals surface area contributed by atoms with Gasteiger partial charge in [-0.3, -0.25) is 20.2 Å². The Hall–Kier alpha value is -4.32. The summed E-state index contributed by atoms with van der Waals surface area (Å²) >= 11 is 0. The van der Waals surface area contributed by atoms with E-state index >= 15 is 0 Å². The fourth-order valence-electron chi connectivity index (χ4n) is 4.49. The molecule has 2 unspecified atom stereocenters. The predicted octanol–water partition coefficient (Wildman–Crippen LogP) is 4.69. The smallest absolute Gasteiger partial charge is 0.258 e. The molecule has 0 aromatic heterocycles. The molecule has 0 bridgehead atoms. The van der Waals surface area contributed by atoms with Crippen molar-refractivity contribution in [3.8, 4) is 0 Å². The lowest BCUT2D eigenvalue weighted by atomic mass is 9.85. The number of rotatable bonds is 4. The van der Waals surface area contributed by atoms with Gasteiger partial charge in [0.2, 0.25) is 0 Å². The second-order valence-electron chi connectivity index (χ2n) is 7.81. The van der Waals surface area contributed by atoms with Crippen molar-refractivity contribution in [1.82, 2.24) is 0 Å². The zero-order valence-corrected chi connectivity index (χ0v) is 16.9. The number of allylic oxidation sites excluding steroid dienone is 2. The van der Waals surface area contributed by atoms with Crippen molar-refractivity contribution in [2.45, 2.75) is 11.8 Å². The Balaban J connectivity index is 1.57. The maximum absolute atomic E-state index is 11.4. The summed E-state index contributed by atoms with van der Waals surface area (Å²) < 4.78 is 0. The van der Waals surface area contributed by atoms with Crippen molar-refractivity contribution in [3.05, 3.63) is 126 Å². The van der Waals surface area contributed by atoms with Crippen LogP contribution in [0, 0.1) is 20.2 Å². The quantitative estimate of drug-likeness (QED) is 0.451. The molecule has 32 heavy (non-hydrogen) atoms. The number of fused-ring (bicyclic) bond motifs is 3. The van der Waals surface area contributed by atoms with E-state index in [4.69, 9.17) is 0 Å². The van der Waals surface area contributed by atoms with Gasteiger partial charge in [0.05, 0.1) is 9.85 Å². The topological polar surface area (TPSA) is 86.3 Å². The van der Waals surface area contributed by atoms with Crippen molar-refractivity contribution in [1.29, 1.82) is 0 Å². The lowest BCUT2D eigenvalue weighted by Crippen LogP contribution is -2.22. The number of nitro groups is 2. The van der Waals surface area contributed by atoms with E-state index in [1.54, 1.807) is 24.3 Å². The molecule has 2 atom stereocenters. The first-order valence-corrected chi connectivity index (χ1v) is 10.2. The van der Waals surface area contributed by atoms with E-state index in [9.17, 15) is 20.2 Å². The van der Waals surface area contributed by atoms with E-state index in [0.717, 1.165) is 21.6 Å². The van der Waals surface area contributed by atoms with Crippen molar-refractivity contribution >= 4 is 35.7 Å². The second-order valence-corrected chi connectivity index (χ2v) is 7.81. The van der Waals surface area contributed by atoms with Crippen LogP contribution in [0.1, 0.15) is 34.1 Å². The maximum Gasteiger partial charge on any atom is 0.273 e. The van der Waals surface area contributed by atoms with Gasteiger partial charge >= 0.3 is 0 Å². The van der Waals surface area contributed by atoms with Crippen LogP contribution in [0.15, 0.2) is 72.8 Å². The number of hydrogen-bond donors (Lipinski definition) is 0. The molecular weight excluding hydrogens is 404 g/mol. The van der Waals surface area contributed by atoms with Crippen molar-refractivity contribution < 1.29 is 9.85 Å². The largest absolute Gasteiger partial charge is 0.273 e. The summed E-state index contributed by atoms with van der Waals surface area (Å²) in [6.07, 6.45) is 12.1. The Morgan fingerprint density at radius 3 is 1.41 bits per heavy atom. The Bertz CT molecular complexity index is 1340. The van der Waals surface area contributed by atoms with Crippen molar-refractivity contribution in [2.75, 3.05) is 0 Å². The Morgan fingerprint density at radius 2 is 1.00 bits per heavy atom. The van der Waals surface area contributed by atoms with E-state index in [2.05, 4.69) is 0 Å². The average Bonchev–Trinajstić information content (AvgIpc) is 2.83. The van der Waals surface area contributed by atoms with E-state index in [0.29, 0.717) is 11.1 Å². The molecule has 0 saturated carbocycles. The number of benzene rings is 3. The van der Waals surface area contributed by atoms with Crippen LogP contribution < -0.4 is 10.4 Å². The lowest BCUT2D eigenvalue weighted by molar-refractivity contribution is -0.385. The number of hydrogen-bond acceptors (Lipinski definition) is 4. The van der Waals surface area contributed by atoms with Crippen LogP contribution >= 0.6 is 0 Å². The van der Waals surface area contributed by atoms with Crippen LogP contribution in [0.2, 0.25) is 0 Å². The minimum absolute atomic E-state index is 0.111. The first kappa shape index (κ1) is 19.6. The van der Waals surface area contributed by atoms with Crippen LogP contribution in [0.4, 0.5) is 11.4 Å². The molecule has 0 N–H and O–H groups in total. The molecule has 0 spiro atoms. The zero-order valence-electron chi connectivity index (χ0n) is 16.9. The normalized spacial score (nSPS) is 18.1. The van der Waals surface area contributed by atoms with Crippen LogP contribution in [0.25, 0.3) is 24.3 Å². The highest BCUT2D eigenvalue weighted by molar-refractivity contribution is 5.76. The van der Waals surface area contributed by atoms with Crippen molar-refractivity contribution in [2.24, 2.45) is 0 Å². The molecule has 6 nitrogen and oxygen atoms in total. The van der Waals surface area contributed by atoms with Crippen molar-refractivity contribution in [3.63, 3.8) is 0 Å². The van der Waals surface area contributed by atoms with Gasteiger partial charge in [-0.05, 0) is 21.6 Å². The molecule has 2 aliphatic rings. The van der Waals surface area contributed by atoms with E-state index < -0.39 is 0 Å². The first-order chi connectivity index (χ1) is 15.5. The molecule has 156 valence electrons. The zero-order chi connectivity index (χ0) is 22.2. The van der Waals surface area contributed by atoms with E-state index in [1.807, 2.05) is 60.7 Å². The Kier molecular flexibility index (Phi) is 4.75. The van der Waals surface area contributed by atoms with Gasteiger partial charge in [0.25, 0.3) is 11.4 Å². The summed E-state index contributed by atoms with van der Waals surface area (Å²) in [4.78, 5) is 22.2. The first-order valence-electron chi connectivity index (χ1n) is 10.2. The van der Waals surface area contributed by atoms with Crippen LogP contribution in [0.5, 0.6) is 0 Å². The molecule has 6 heteroatoms. The third-order valence-electron chi connectivity index (χ3n) is 6.00. The summed E-state index contributed by atoms with van der Waals surface area (Å²) in [5.41, 5.74) is 3.64.